The molecule has 1 aliphatic heterocycles. The van der Waals surface area contributed by atoms with Crippen molar-refractivity contribution in [3.8, 4) is 0 Å². The molecule has 3 nitrogen and oxygen atoms in total. The van der Waals surface area contributed by atoms with E-state index in [1.165, 1.54) is 11.1 Å². The summed E-state index contributed by atoms with van der Waals surface area (Å²) in [6, 6.07) is 13.5. The monoisotopic (exact) mass is 363 g/mol. The summed E-state index contributed by atoms with van der Waals surface area (Å²) in [5.41, 5.74) is 3.48. The second-order valence-electron chi connectivity index (χ2n) is 5.89. The molecule has 1 heterocycles. The number of ether oxygens (including phenoxy) is 1. The molecule has 0 aliphatic carbocycles. The first-order valence-electron chi connectivity index (χ1n) is 8.00. The Morgan fingerprint density at radius 1 is 1.17 bits per heavy atom. The maximum Gasteiger partial charge on any atom is 0.323 e. The van der Waals surface area contributed by atoms with E-state index in [1.807, 2.05) is 31.2 Å². The second kappa shape index (κ2) is 7.56. The van der Waals surface area contributed by atoms with Gasteiger partial charge in [0.15, 0.2) is 0 Å². The maximum atomic E-state index is 12.4. The topological polar surface area (TPSA) is 29.5 Å². The molecule has 0 radical (unpaired) electrons. The Hall–Kier alpha value is -1.55. The van der Waals surface area contributed by atoms with Crippen LogP contribution in [0.4, 0.5) is 0 Å². The fraction of sp³-hybridized carbons (Fsp3) is 0.316. The fourth-order valence-electron chi connectivity index (χ4n) is 3.09. The zero-order chi connectivity index (χ0) is 17.1. The summed E-state index contributed by atoms with van der Waals surface area (Å²) in [6.45, 7) is 3.55. The van der Waals surface area contributed by atoms with Crippen LogP contribution in [-0.2, 0) is 29.0 Å². The van der Waals surface area contributed by atoms with Gasteiger partial charge in [-0.1, -0.05) is 53.5 Å². The first kappa shape index (κ1) is 17.3. The van der Waals surface area contributed by atoms with Gasteiger partial charge in [0.05, 0.1) is 16.7 Å². The smallest absolute Gasteiger partial charge is 0.323 e. The molecule has 0 N–H and O–H groups in total. The van der Waals surface area contributed by atoms with Crippen molar-refractivity contribution in [2.24, 2.45) is 0 Å². The number of carbonyl (C=O) groups excluding carboxylic acids is 1. The molecular formula is C19H19Cl2NO2. The van der Waals surface area contributed by atoms with Crippen LogP contribution in [0.15, 0.2) is 42.5 Å². The van der Waals surface area contributed by atoms with Gasteiger partial charge in [-0.2, -0.15) is 0 Å². The molecule has 0 fully saturated rings. The molecule has 2 aromatic rings. The van der Waals surface area contributed by atoms with Gasteiger partial charge in [-0.25, -0.2) is 0 Å². The summed E-state index contributed by atoms with van der Waals surface area (Å²) in [6.07, 6.45) is 0.663. The predicted octanol–water partition coefficient (Wildman–Crippen LogP) is 4.48. The van der Waals surface area contributed by atoms with E-state index in [1.54, 1.807) is 6.07 Å². The summed E-state index contributed by atoms with van der Waals surface area (Å²) in [5, 5.41) is 1.06. The van der Waals surface area contributed by atoms with Crippen LogP contribution in [0.1, 0.15) is 23.6 Å². The zero-order valence-corrected chi connectivity index (χ0v) is 15.0. The lowest BCUT2D eigenvalue weighted by Crippen LogP contribution is -2.45. The Morgan fingerprint density at radius 3 is 2.62 bits per heavy atom. The highest BCUT2D eigenvalue weighted by atomic mass is 35.5. The lowest BCUT2D eigenvalue weighted by atomic mass is 9.93. The van der Waals surface area contributed by atoms with Gasteiger partial charge < -0.3 is 4.74 Å². The third-order valence-corrected chi connectivity index (χ3v) is 5.01. The number of carbonyl (C=O) groups is 1. The van der Waals surface area contributed by atoms with Gasteiger partial charge in [-0.3, -0.25) is 9.69 Å². The van der Waals surface area contributed by atoms with Crippen molar-refractivity contribution in [3.05, 3.63) is 69.2 Å². The van der Waals surface area contributed by atoms with E-state index >= 15 is 0 Å². The number of halogens is 2. The average Bonchev–Trinajstić information content (AvgIpc) is 2.58. The molecule has 0 bridgehead atoms. The third kappa shape index (κ3) is 3.75. The Bertz CT molecular complexity index is 748. The fourth-order valence-corrected chi connectivity index (χ4v) is 3.41. The van der Waals surface area contributed by atoms with Crippen molar-refractivity contribution < 1.29 is 9.53 Å². The van der Waals surface area contributed by atoms with Crippen molar-refractivity contribution in [1.29, 1.82) is 0 Å². The van der Waals surface area contributed by atoms with Crippen LogP contribution in [0.25, 0.3) is 0 Å². The van der Waals surface area contributed by atoms with Gasteiger partial charge in [0.25, 0.3) is 0 Å². The number of hydrogen-bond acceptors (Lipinski definition) is 3. The van der Waals surface area contributed by atoms with E-state index in [-0.39, 0.29) is 12.0 Å². The van der Waals surface area contributed by atoms with Crippen LogP contribution in [0.3, 0.4) is 0 Å². The van der Waals surface area contributed by atoms with Crippen LogP contribution >= 0.6 is 23.2 Å². The Morgan fingerprint density at radius 2 is 1.92 bits per heavy atom. The molecule has 5 heteroatoms. The first-order chi connectivity index (χ1) is 11.6. The van der Waals surface area contributed by atoms with Crippen molar-refractivity contribution >= 4 is 29.2 Å². The highest BCUT2D eigenvalue weighted by molar-refractivity contribution is 6.42. The molecule has 3 rings (SSSR count). The van der Waals surface area contributed by atoms with Crippen molar-refractivity contribution in [1.82, 2.24) is 4.90 Å². The number of hydrogen-bond donors (Lipinski definition) is 0. The van der Waals surface area contributed by atoms with E-state index in [0.29, 0.717) is 36.2 Å². The van der Waals surface area contributed by atoms with Crippen molar-refractivity contribution in [2.45, 2.75) is 32.5 Å². The summed E-state index contributed by atoms with van der Waals surface area (Å²) in [7, 11) is 0. The molecule has 1 atom stereocenters. The summed E-state index contributed by atoms with van der Waals surface area (Å²) in [5.74, 6) is -0.174. The number of benzene rings is 2. The quantitative estimate of drug-likeness (QED) is 0.749. The van der Waals surface area contributed by atoms with Crippen molar-refractivity contribution in [2.75, 3.05) is 6.61 Å². The highest BCUT2D eigenvalue weighted by Crippen LogP contribution is 2.28. The average molecular weight is 364 g/mol. The summed E-state index contributed by atoms with van der Waals surface area (Å²) < 4.78 is 5.28. The van der Waals surface area contributed by atoms with Gasteiger partial charge in [-0.15, -0.1) is 0 Å². The lowest BCUT2D eigenvalue weighted by Gasteiger charge is -2.35. The number of nitrogens with zero attached hydrogens (tertiary/aromatic N) is 1. The van der Waals surface area contributed by atoms with Crippen LogP contribution in [-0.4, -0.2) is 23.5 Å². The van der Waals surface area contributed by atoms with E-state index < -0.39 is 0 Å². The Balaban J connectivity index is 1.87. The molecule has 0 saturated carbocycles. The van der Waals surface area contributed by atoms with Crippen LogP contribution in [0, 0.1) is 0 Å². The van der Waals surface area contributed by atoms with Crippen LogP contribution < -0.4 is 0 Å². The largest absolute Gasteiger partial charge is 0.465 e. The second-order valence-corrected chi connectivity index (χ2v) is 6.71. The predicted molar refractivity (Wildman–Crippen MR) is 96.3 cm³/mol. The minimum atomic E-state index is -0.283. The Labute approximate surface area is 152 Å². The van der Waals surface area contributed by atoms with Gasteiger partial charge in [0.2, 0.25) is 0 Å². The highest BCUT2D eigenvalue weighted by Gasteiger charge is 2.32. The molecule has 24 heavy (non-hydrogen) atoms. The van der Waals surface area contributed by atoms with E-state index in [4.69, 9.17) is 27.9 Å². The molecule has 2 aromatic carbocycles. The SMILES string of the molecule is CCOC(=O)C1Cc2ccccc2CN1Cc1ccc(Cl)c(Cl)c1. The Kier molecular flexibility index (Phi) is 5.44. The molecule has 0 saturated heterocycles. The molecule has 1 aliphatic rings. The minimum absolute atomic E-state index is 0.174. The molecule has 0 amide bonds. The van der Waals surface area contributed by atoms with Crippen LogP contribution in [0.5, 0.6) is 0 Å². The molecular weight excluding hydrogens is 345 g/mol. The standard InChI is InChI=1S/C19H19Cl2NO2/c1-2-24-19(23)18-10-14-5-3-4-6-15(14)12-22(18)11-13-7-8-16(20)17(21)9-13/h3-9,18H,2,10-12H2,1H3. The van der Waals surface area contributed by atoms with E-state index in [9.17, 15) is 4.79 Å². The van der Waals surface area contributed by atoms with Gasteiger partial charge in [0.1, 0.15) is 6.04 Å². The third-order valence-electron chi connectivity index (χ3n) is 4.27. The first-order valence-corrected chi connectivity index (χ1v) is 8.75. The maximum absolute atomic E-state index is 12.4. The van der Waals surface area contributed by atoms with E-state index in [0.717, 1.165) is 5.56 Å². The zero-order valence-electron chi connectivity index (χ0n) is 13.5. The number of esters is 1. The van der Waals surface area contributed by atoms with Crippen molar-refractivity contribution in [3.63, 3.8) is 0 Å². The number of rotatable bonds is 4. The molecule has 0 aromatic heterocycles. The van der Waals surface area contributed by atoms with Gasteiger partial charge in [0, 0.05) is 13.1 Å². The minimum Gasteiger partial charge on any atom is -0.465 e. The van der Waals surface area contributed by atoms with E-state index in [2.05, 4.69) is 17.0 Å². The van der Waals surface area contributed by atoms with Gasteiger partial charge >= 0.3 is 5.97 Å². The molecule has 0 spiro atoms. The van der Waals surface area contributed by atoms with Gasteiger partial charge in [-0.05, 0) is 42.2 Å². The molecule has 1 unspecified atom stereocenters. The normalized spacial score (nSPS) is 17.4. The lowest BCUT2D eigenvalue weighted by molar-refractivity contribution is -0.150. The molecule has 126 valence electrons. The number of fused-ring (bicyclic) bond motifs is 1. The van der Waals surface area contributed by atoms with Crippen LogP contribution in [0.2, 0.25) is 10.0 Å². The summed E-state index contributed by atoms with van der Waals surface area (Å²) >= 11 is 12.1. The summed E-state index contributed by atoms with van der Waals surface area (Å²) in [4.78, 5) is 14.6.